The van der Waals surface area contributed by atoms with E-state index in [2.05, 4.69) is 0 Å². The molecule has 1 aromatic rings. The summed E-state index contributed by atoms with van der Waals surface area (Å²) in [6, 6.07) is 3.05. The van der Waals surface area contributed by atoms with Crippen LogP contribution >= 0.6 is 0 Å². The second-order valence-corrected chi connectivity index (χ2v) is 5.75. The van der Waals surface area contributed by atoms with Crippen molar-refractivity contribution in [3.63, 3.8) is 0 Å². The Morgan fingerprint density at radius 1 is 1.29 bits per heavy atom. The van der Waals surface area contributed by atoms with Gasteiger partial charge in [-0.1, -0.05) is 0 Å². The minimum Gasteiger partial charge on any atom is -0.495 e. The highest BCUT2D eigenvalue weighted by molar-refractivity contribution is 7.91. The normalized spacial score (nSPS) is 11.5. The fourth-order valence-electron chi connectivity index (χ4n) is 1.51. The molecule has 0 heterocycles. The average molecular weight is 259 g/mol. The zero-order valence-electron chi connectivity index (χ0n) is 10.2. The predicted octanol–water partition coefficient (Wildman–Crippen LogP) is 1.01. The van der Waals surface area contributed by atoms with Crippen molar-refractivity contribution in [2.75, 3.05) is 32.3 Å². The van der Waals surface area contributed by atoms with Gasteiger partial charge in [0, 0.05) is 13.2 Å². The van der Waals surface area contributed by atoms with Crippen molar-refractivity contribution in [2.45, 2.75) is 11.8 Å². The van der Waals surface area contributed by atoms with E-state index in [1.54, 1.807) is 13.0 Å². The number of ether oxygens (including phenoxy) is 2. The first kappa shape index (κ1) is 13.8. The summed E-state index contributed by atoms with van der Waals surface area (Å²) < 4.78 is 33.8. The molecule has 1 rings (SSSR count). The number of nitrogen functional groups attached to an aromatic ring is 1. The third-order valence-electron chi connectivity index (χ3n) is 2.42. The quantitative estimate of drug-likeness (QED) is 0.798. The van der Waals surface area contributed by atoms with Gasteiger partial charge in [0.15, 0.2) is 9.84 Å². The summed E-state index contributed by atoms with van der Waals surface area (Å²) in [7, 11) is -0.448. The van der Waals surface area contributed by atoms with Crippen LogP contribution in [0.3, 0.4) is 0 Å². The highest BCUT2D eigenvalue weighted by Gasteiger charge is 2.19. The third kappa shape index (κ3) is 3.10. The lowest BCUT2D eigenvalue weighted by Crippen LogP contribution is -2.13. The van der Waals surface area contributed by atoms with E-state index in [0.29, 0.717) is 17.0 Å². The predicted molar refractivity (Wildman–Crippen MR) is 66.1 cm³/mol. The van der Waals surface area contributed by atoms with E-state index >= 15 is 0 Å². The molecule has 0 bridgehead atoms. The monoisotopic (exact) mass is 259 g/mol. The van der Waals surface area contributed by atoms with Gasteiger partial charge in [-0.3, -0.25) is 0 Å². The molecule has 5 nitrogen and oxygen atoms in total. The van der Waals surface area contributed by atoms with E-state index in [4.69, 9.17) is 15.2 Å². The van der Waals surface area contributed by atoms with Crippen LogP contribution in [0, 0.1) is 6.92 Å². The Morgan fingerprint density at radius 3 is 2.47 bits per heavy atom. The lowest BCUT2D eigenvalue weighted by atomic mass is 10.2. The molecule has 1 aromatic carbocycles. The first-order valence-electron chi connectivity index (χ1n) is 5.08. The molecule has 0 unspecified atom stereocenters. The molecular formula is C11H17NO4S. The van der Waals surface area contributed by atoms with Crippen molar-refractivity contribution in [3.05, 3.63) is 17.7 Å². The molecule has 0 fully saturated rings. The summed E-state index contributed by atoms with van der Waals surface area (Å²) in [6.45, 7) is 1.87. The molecule has 0 saturated heterocycles. The van der Waals surface area contributed by atoms with E-state index in [9.17, 15) is 8.42 Å². The maximum atomic E-state index is 12.0. The molecule has 0 amide bonds. The lowest BCUT2D eigenvalue weighted by Gasteiger charge is -2.11. The van der Waals surface area contributed by atoms with Gasteiger partial charge in [-0.05, 0) is 18.6 Å². The minimum atomic E-state index is -3.36. The average Bonchev–Trinajstić information content (AvgIpc) is 2.26. The molecule has 0 spiro atoms. The zero-order valence-corrected chi connectivity index (χ0v) is 11.0. The number of nitrogens with two attached hydrogens (primary N) is 1. The molecule has 0 saturated carbocycles. The van der Waals surface area contributed by atoms with Crippen LogP contribution in [-0.2, 0) is 14.6 Å². The van der Waals surface area contributed by atoms with Gasteiger partial charge in [0.2, 0.25) is 0 Å². The molecule has 0 aliphatic rings. The van der Waals surface area contributed by atoms with Gasteiger partial charge in [-0.2, -0.15) is 0 Å². The Labute approximate surface area is 101 Å². The van der Waals surface area contributed by atoms with Crippen molar-refractivity contribution >= 4 is 15.5 Å². The summed E-state index contributed by atoms with van der Waals surface area (Å²) in [5, 5.41) is 0. The Hall–Kier alpha value is -1.27. The Morgan fingerprint density at radius 2 is 1.94 bits per heavy atom. The lowest BCUT2D eigenvalue weighted by molar-refractivity contribution is 0.217. The minimum absolute atomic E-state index is 0.0581. The van der Waals surface area contributed by atoms with Crippen molar-refractivity contribution < 1.29 is 17.9 Å². The molecule has 0 aliphatic heterocycles. The standard InChI is InChI=1S/C11H17NO4S/c1-8-6-9(12)10(16-3)7-11(8)17(13,14)5-4-15-2/h6-7H,4-5,12H2,1-3H3. The summed E-state index contributed by atoms with van der Waals surface area (Å²) in [6.07, 6.45) is 0. The maximum absolute atomic E-state index is 12.0. The van der Waals surface area contributed by atoms with Crippen molar-refractivity contribution in [1.82, 2.24) is 0 Å². The second kappa shape index (κ2) is 5.37. The van der Waals surface area contributed by atoms with Crippen molar-refractivity contribution in [1.29, 1.82) is 0 Å². The molecule has 0 radical (unpaired) electrons. The number of rotatable bonds is 5. The van der Waals surface area contributed by atoms with Gasteiger partial charge in [0.1, 0.15) is 5.75 Å². The van der Waals surface area contributed by atoms with E-state index < -0.39 is 9.84 Å². The molecule has 96 valence electrons. The van der Waals surface area contributed by atoms with Crippen molar-refractivity contribution in [2.24, 2.45) is 0 Å². The fraction of sp³-hybridized carbons (Fsp3) is 0.455. The smallest absolute Gasteiger partial charge is 0.181 e. The molecule has 2 N–H and O–H groups in total. The van der Waals surface area contributed by atoms with Crippen LogP contribution in [0.2, 0.25) is 0 Å². The number of sulfone groups is 1. The molecule has 17 heavy (non-hydrogen) atoms. The van der Waals surface area contributed by atoms with Crippen molar-refractivity contribution in [3.8, 4) is 5.75 Å². The van der Waals surface area contributed by atoms with Gasteiger partial charge in [-0.25, -0.2) is 8.42 Å². The highest BCUT2D eigenvalue weighted by atomic mass is 32.2. The van der Waals surface area contributed by atoms with E-state index in [1.165, 1.54) is 20.3 Å². The van der Waals surface area contributed by atoms with Crippen LogP contribution in [-0.4, -0.2) is 35.0 Å². The molecule has 0 aromatic heterocycles. The number of benzene rings is 1. The summed E-state index contributed by atoms with van der Waals surface area (Å²) in [5.74, 6) is 0.309. The SMILES string of the molecule is COCCS(=O)(=O)c1cc(OC)c(N)cc1C. The Balaban J connectivity index is 3.22. The molecular weight excluding hydrogens is 242 g/mol. The Kier molecular flexibility index (Phi) is 4.36. The number of anilines is 1. The first-order chi connectivity index (χ1) is 7.92. The van der Waals surface area contributed by atoms with Crippen LogP contribution in [0.5, 0.6) is 5.75 Å². The topological polar surface area (TPSA) is 78.6 Å². The Bertz CT molecular complexity index is 496. The molecule has 0 atom stereocenters. The van der Waals surface area contributed by atoms with Crippen LogP contribution in [0.15, 0.2) is 17.0 Å². The van der Waals surface area contributed by atoms with Gasteiger partial charge >= 0.3 is 0 Å². The zero-order chi connectivity index (χ0) is 13.1. The summed E-state index contributed by atoms with van der Waals surface area (Å²) in [5.41, 5.74) is 6.74. The fourth-order valence-corrected chi connectivity index (χ4v) is 2.95. The summed E-state index contributed by atoms with van der Waals surface area (Å²) in [4.78, 5) is 0.237. The molecule has 0 aliphatic carbocycles. The van der Waals surface area contributed by atoms with Crippen LogP contribution in [0.1, 0.15) is 5.56 Å². The first-order valence-corrected chi connectivity index (χ1v) is 6.73. The van der Waals surface area contributed by atoms with Crippen LogP contribution in [0.25, 0.3) is 0 Å². The maximum Gasteiger partial charge on any atom is 0.181 e. The van der Waals surface area contributed by atoms with Gasteiger partial charge in [0.05, 0.1) is 30.1 Å². The number of hydrogen-bond donors (Lipinski definition) is 1. The number of aryl methyl sites for hydroxylation is 1. The van der Waals surface area contributed by atoms with E-state index in [1.807, 2.05) is 0 Å². The number of methoxy groups -OCH3 is 2. The van der Waals surface area contributed by atoms with E-state index in [-0.39, 0.29) is 17.3 Å². The van der Waals surface area contributed by atoms with Crippen LogP contribution in [0.4, 0.5) is 5.69 Å². The van der Waals surface area contributed by atoms with Gasteiger partial charge in [-0.15, -0.1) is 0 Å². The molecule has 6 heteroatoms. The van der Waals surface area contributed by atoms with E-state index in [0.717, 1.165) is 0 Å². The van der Waals surface area contributed by atoms with Gasteiger partial charge < -0.3 is 15.2 Å². The third-order valence-corrected chi connectivity index (χ3v) is 4.23. The second-order valence-electron chi connectivity index (χ2n) is 3.67. The highest BCUT2D eigenvalue weighted by Crippen LogP contribution is 2.28. The van der Waals surface area contributed by atoms with Crippen LogP contribution < -0.4 is 10.5 Å². The largest absolute Gasteiger partial charge is 0.495 e. The number of hydrogen-bond acceptors (Lipinski definition) is 5. The van der Waals surface area contributed by atoms with Gasteiger partial charge in [0.25, 0.3) is 0 Å². The summed E-state index contributed by atoms with van der Waals surface area (Å²) >= 11 is 0.